The first-order valence-corrected chi connectivity index (χ1v) is 7.20. The van der Waals surface area contributed by atoms with Gasteiger partial charge < -0.3 is 15.0 Å². The number of amides is 1. The molecule has 1 saturated carbocycles. The molecule has 0 unspecified atom stereocenters. The van der Waals surface area contributed by atoms with Crippen LogP contribution in [0.25, 0.3) is 0 Å². The summed E-state index contributed by atoms with van der Waals surface area (Å²) >= 11 is 3.48. The van der Waals surface area contributed by atoms with Gasteiger partial charge in [0.25, 0.3) is 5.91 Å². The van der Waals surface area contributed by atoms with Crippen LogP contribution in [0.15, 0.2) is 22.7 Å². The van der Waals surface area contributed by atoms with E-state index < -0.39 is 0 Å². The lowest BCUT2D eigenvalue weighted by Gasteiger charge is -2.13. The van der Waals surface area contributed by atoms with E-state index in [1.807, 2.05) is 18.2 Å². The van der Waals surface area contributed by atoms with Crippen LogP contribution < -0.4 is 10.1 Å². The quantitative estimate of drug-likeness (QED) is 0.871. The summed E-state index contributed by atoms with van der Waals surface area (Å²) in [5.41, 5.74) is 1.21. The minimum atomic E-state index is -0.0497. The van der Waals surface area contributed by atoms with Crippen molar-refractivity contribution < 1.29 is 9.53 Å². The van der Waals surface area contributed by atoms with Gasteiger partial charge in [-0.15, -0.1) is 0 Å². The molecule has 0 aliphatic heterocycles. The molecule has 0 bridgehead atoms. The summed E-state index contributed by atoms with van der Waals surface area (Å²) in [6.45, 7) is 0.936. The zero-order valence-corrected chi connectivity index (χ0v) is 12.9. The summed E-state index contributed by atoms with van der Waals surface area (Å²) in [6.07, 6.45) is 2.57. The lowest BCUT2D eigenvalue weighted by molar-refractivity contribution is -0.130. The van der Waals surface area contributed by atoms with Crippen LogP contribution in [0.5, 0.6) is 5.75 Å². The molecule has 1 aromatic rings. The van der Waals surface area contributed by atoms with E-state index in [9.17, 15) is 4.79 Å². The normalized spacial score (nSPS) is 14.3. The fourth-order valence-corrected chi connectivity index (χ4v) is 2.13. The van der Waals surface area contributed by atoms with Crippen LogP contribution in [0.1, 0.15) is 18.4 Å². The highest BCUT2D eigenvalue weighted by Gasteiger charge is 2.20. The molecular formula is C14H19BrN2O2. The van der Waals surface area contributed by atoms with Crippen molar-refractivity contribution in [3.8, 4) is 5.75 Å². The number of benzene rings is 1. The molecule has 1 N–H and O–H groups in total. The van der Waals surface area contributed by atoms with Crippen LogP contribution in [0.4, 0.5) is 0 Å². The Kier molecular flexibility index (Phi) is 4.82. The van der Waals surface area contributed by atoms with Crippen LogP contribution in [0.2, 0.25) is 0 Å². The van der Waals surface area contributed by atoms with Gasteiger partial charge in [-0.1, -0.05) is 6.07 Å². The van der Waals surface area contributed by atoms with Gasteiger partial charge in [0.2, 0.25) is 0 Å². The van der Waals surface area contributed by atoms with Crippen molar-refractivity contribution in [2.24, 2.45) is 0 Å². The SMILES string of the molecule is CN(C)C(=O)COc1ccc(CNC2CC2)cc1Br. The average Bonchev–Trinajstić information content (AvgIpc) is 3.18. The molecule has 4 nitrogen and oxygen atoms in total. The topological polar surface area (TPSA) is 41.6 Å². The monoisotopic (exact) mass is 326 g/mol. The van der Waals surface area contributed by atoms with Crippen molar-refractivity contribution in [3.05, 3.63) is 28.2 Å². The van der Waals surface area contributed by atoms with Crippen LogP contribution in [0, 0.1) is 0 Å². The Morgan fingerprint density at radius 1 is 1.47 bits per heavy atom. The molecule has 0 radical (unpaired) electrons. The zero-order valence-electron chi connectivity index (χ0n) is 11.3. The largest absolute Gasteiger partial charge is 0.483 e. The number of likely N-dealkylation sites (N-methyl/N-ethyl adjacent to an activating group) is 1. The summed E-state index contributed by atoms with van der Waals surface area (Å²) < 4.78 is 6.38. The molecule has 0 aromatic heterocycles. The highest BCUT2D eigenvalue weighted by atomic mass is 79.9. The fourth-order valence-electron chi connectivity index (χ4n) is 1.59. The molecule has 1 fully saturated rings. The number of rotatable bonds is 6. The van der Waals surface area contributed by atoms with E-state index in [0.29, 0.717) is 11.8 Å². The molecule has 0 heterocycles. The van der Waals surface area contributed by atoms with Crippen LogP contribution in [0.3, 0.4) is 0 Å². The lowest BCUT2D eigenvalue weighted by atomic mass is 10.2. The molecule has 19 heavy (non-hydrogen) atoms. The number of nitrogens with zero attached hydrogens (tertiary/aromatic N) is 1. The molecule has 0 spiro atoms. The van der Waals surface area contributed by atoms with E-state index in [0.717, 1.165) is 11.0 Å². The third-order valence-electron chi connectivity index (χ3n) is 3.02. The molecule has 2 rings (SSSR count). The Labute approximate surface area is 122 Å². The number of hydrogen-bond donors (Lipinski definition) is 1. The summed E-state index contributed by atoms with van der Waals surface area (Å²) in [6, 6.07) is 6.66. The molecule has 0 atom stereocenters. The number of carbonyl (C=O) groups is 1. The van der Waals surface area contributed by atoms with Crippen molar-refractivity contribution in [3.63, 3.8) is 0 Å². The zero-order chi connectivity index (χ0) is 13.8. The smallest absolute Gasteiger partial charge is 0.259 e. The first kappa shape index (κ1) is 14.3. The Morgan fingerprint density at radius 2 is 2.21 bits per heavy atom. The summed E-state index contributed by atoms with van der Waals surface area (Å²) in [7, 11) is 3.43. The average molecular weight is 327 g/mol. The maximum absolute atomic E-state index is 11.5. The second kappa shape index (κ2) is 6.39. The lowest BCUT2D eigenvalue weighted by Crippen LogP contribution is -2.27. The molecule has 104 valence electrons. The van der Waals surface area contributed by atoms with Gasteiger partial charge in [-0.3, -0.25) is 4.79 Å². The molecular weight excluding hydrogens is 308 g/mol. The van der Waals surface area contributed by atoms with Crippen molar-refractivity contribution >= 4 is 21.8 Å². The predicted octanol–water partition coefficient (Wildman–Crippen LogP) is 2.17. The van der Waals surface area contributed by atoms with E-state index >= 15 is 0 Å². The van der Waals surface area contributed by atoms with Gasteiger partial charge in [-0.2, -0.15) is 0 Å². The third-order valence-corrected chi connectivity index (χ3v) is 3.64. The van der Waals surface area contributed by atoms with Crippen molar-refractivity contribution in [1.29, 1.82) is 0 Å². The van der Waals surface area contributed by atoms with E-state index in [4.69, 9.17) is 4.74 Å². The second-order valence-corrected chi connectivity index (χ2v) is 5.85. The first-order valence-electron chi connectivity index (χ1n) is 6.41. The van der Waals surface area contributed by atoms with E-state index in [-0.39, 0.29) is 12.5 Å². The summed E-state index contributed by atoms with van der Waals surface area (Å²) in [5.74, 6) is 0.650. The maximum Gasteiger partial charge on any atom is 0.259 e. The van der Waals surface area contributed by atoms with Gasteiger partial charge >= 0.3 is 0 Å². The molecule has 1 aromatic carbocycles. The standard InChI is InChI=1S/C14H19BrN2O2/c1-17(2)14(18)9-19-13-6-3-10(7-12(13)15)8-16-11-4-5-11/h3,6-7,11,16H,4-5,8-9H2,1-2H3. The minimum absolute atomic E-state index is 0.0497. The van der Waals surface area contributed by atoms with E-state index in [1.165, 1.54) is 23.3 Å². The Bertz CT molecular complexity index is 459. The minimum Gasteiger partial charge on any atom is -0.483 e. The second-order valence-electron chi connectivity index (χ2n) is 5.00. The number of carbonyl (C=O) groups excluding carboxylic acids is 1. The Balaban J connectivity index is 1.88. The van der Waals surface area contributed by atoms with E-state index in [2.05, 4.69) is 21.2 Å². The molecule has 0 saturated heterocycles. The van der Waals surface area contributed by atoms with Gasteiger partial charge in [0, 0.05) is 26.7 Å². The van der Waals surface area contributed by atoms with Crippen molar-refractivity contribution in [1.82, 2.24) is 10.2 Å². The number of hydrogen-bond acceptors (Lipinski definition) is 3. The van der Waals surface area contributed by atoms with Gasteiger partial charge in [-0.25, -0.2) is 0 Å². The molecule has 1 amide bonds. The number of halogens is 1. The molecule has 5 heteroatoms. The van der Waals surface area contributed by atoms with Gasteiger partial charge in [-0.05, 0) is 46.5 Å². The van der Waals surface area contributed by atoms with Gasteiger partial charge in [0.05, 0.1) is 4.47 Å². The maximum atomic E-state index is 11.5. The first-order chi connectivity index (χ1) is 9.06. The highest BCUT2D eigenvalue weighted by Crippen LogP contribution is 2.26. The van der Waals surface area contributed by atoms with E-state index in [1.54, 1.807) is 14.1 Å². The third kappa shape index (κ3) is 4.51. The Morgan fingerprint density at radius 3 is 2.79 bits per heavy atom. The molecule has 1 aliphatic carbocycles. The van der Waals surface area contributed by atoms with Crippen molar-refractivity contribution in [2.75, 3.05) is 20.7 Å². The predicted molar refractivity (Wildman–Crippen MR) is 78.2 cm³/mol. The fraction of sp³-hybridized carbons (Fsp3) is 0.500. The number of nitrogens with one attached hydrogen (secondary N) is 1. The highest BCUT2D eigenvalue weighted by molar-refractivity contribution is 9.10. The van der Waals surface area contributed by atoms with Crippen molar-refractivity contribution in [2.45, 2.75) is 25.4 Å². The Hall–Kier alpha value is -1.07. The summed E-state index contributed by atoms with van der Waals surface area (Å²) in [5, 5.41) is 3.46. The molecule has 1 aliphatic rings. The van der Waals surface area contributed by atoms with Crippen LogP contribution in [-0.2, 0) is 11.3 Å². The van der Waals surface area contributed by atoms with Gasteiger partial charge in [0.1, 0.15) is 5.75 Å². The summed E-state index contributed by atoms with van der Waals surface area (Å²) in [4.78, 5) is 13.0. The number of ether oxygens (including phenoxy) is 1. The van der Waals surface area contributed by atoms with Crippen LogP contribution >= 0.6 is 15.9 Å². The van der Waals surface area contributed by atoms with Gasteiger partial charge in [0.15, 0.2) is 6.61 Å². The van der Waals surface area contributed by atoms with Crippen LogP contribution in [-0.4, -0.2) is 37.6 Å².